The molecule has 1 saturated heterocycles. The van der Waals surface area contributed by atoms with Crippen molar-refractivity contribution in [2.24, 2.45) is 5.73 Å². The van der Waals surface area contributed by atoms with Gasteiger partial charge < -0.3 is 20.3 Å². The molecule has 1 aromatic rings. The van der Waals surface area contributed by atoms with E-state index >= 15 is 0 Å². The summed E-state index contributed by atoms with van der Waals surface area (Å²) in [5.74, 6) is 1.44. The number of carbonyl (C=O) groups is 2. The number of carbonyl (C=O) groups excluding carboxylic acids is 2. The molecule has 0 aromatic heterocycles. The number of rotatable bonds is 7. The fourth-order valence-electron chi connectivity index (χ4n) is 2.66. The van der Waals surface area contributed by atoms with Gasteiger partial charge in [0.15, 0.2) is 0 Å². The van der Waals surface area contributed by atoms with Gasteiger partial charge >= 0.3 is 0 Å². The molecule has 0 saturated carbocycles. The highest BCUT2D eigenvalue weighted by Crippen LogP contribution is 2.16. The summed E-state index contributed by atoms with van der Waals surface area (Å²) in [4.78, 5) is 28.0. The summed E-state index contributed by atoms with van der Waals surface area (Å²) in [5, 5.41) is 0. The Kier molecular flexibility index (Phi) is 6.93. The van der Waals surface area contributed by atoms with Gasteiger partial charge in [-0.25, -0.2) is 0 Å². The first-order valence-corrected chi connectivity index (χ1v) is 9.38. The van der Waals surface area contributed by atoms with Crippen LogP contribution in [0.1, 0.15) is 12.0 Å². The van der Waals surface area contributed by atoms with Crippen molar-refractivity contribution in [3.05, 3.63) is 29.8 Å². The average molecular weight is 351 g/mol. The van der Waals surface area contributed by atoms with Gasteiger partial charge in [-0.1, -0.05) is 12.1 Å². The topological polar surface area (TPSA) is 75.9 Å². The minimum atomic E-state index is -0.518. The normalized spacial score (nSPS) is 16.2. The van der Waals surface area contributed by atoms with E-state index in [0.717, 1.165) is 17.1 Å². The molecule has 132 valence electrons. The first-order valence-electron chi connectivity index (χ1n) is 7.99. The van der Waals surface area contributed by atoms with Crippen LogP contribution >= 0.6 is 11.8 Å². The highest BCUT2D eigenvalue weighted by molar-refractivity contribution is 7.98. The van der Waals surface area contributed by atoms with Crippen LogP contribution in [0.25, 0.3) is 0 Å². The van der Waals surface area contributed by atoms with E-state index < -0.39 is 6.04 Å². The second-order valence-electron chi connectivity index (χ2n) is 5.81. The molecule has 0 aliphatic carbocycles. The predicted octanol–water partition coefficient (Wildman–Crippen LogP) is 0.946. The van der Waals surface area contributed by atoms with E-state index in [-0.39, 0.29) is 18.4 Å². The Balaban J connectivity index is 1.90. The van der Waals surface area contributed by atoms with Crippen molar-refractivity contribution in [1.29, 1.82) is 0 Å². The molecule has 2 N–H and O–H groups in total. The molecule has 1 aromatic carbocycles. The maximum atomic E-state index is 12.4. The number of benzene rings is 1. The van der Waals surface area contributed by atoms with Gasteiger partial charge in [-0.3, -0.25) is 9.59 Å². The lowest BCUT2D eigenvalue weighted by atomic mass is 10.1. The zero-order valence-electron chi connectivity index (χ0n) is 14.2. The summed E-state index contributed by atoms with van der Waals surface area (Å²) in [6.07, 6.45) is 2.62. The highest BCUT2D eigenvalue weighted by Gasteiger charge is 2.29. The molecule has 1 fully saturated rings. The largest absolute Gasteiger partial charge is 0.497 e. The Bertz CT molecular complexity index is 582. The molecule has 2 amide bonds. The molecular weight excluding hydrogens is 326 g/mol. The van der Waals surface area contributed by atoms with Gasteiger partial charge in [0.2, 0.25) is 11.8 Å². The fraction of sp³-hybridized carbons (Fsp3) is 0.529. The molecule has 1 heterocycles. The summed E-state index contributed by atoms with van der Waals surface area (Å²) in [7, 11) is 1.62. The van der Waals surface area contributed by atoms with Crippen molar-refractivity contribution in [2.75, 3.05) is 38.8 Å². The maximum Gasteiger partial charge on any atom is 0.242 e. The molecule has 1 aliphatic rings. The Labute approximate surface area is 147 Å². The Morgan fingerprint density at radius 2 is 2.21 bits per heavy atom. The number of thioether (sulfide) groups is 1. The SMILES string of the molecule is COc1cccc(CN2CCN(C(=O)[C@@H](N)CCSC)CC2=O)c1. The molecule has 24 heavy (non-hydrogen) atoms. The summed E-state index contributed by atoms with van der Waals surface area (Å²) >= 11 is 1.66. The number of methoxy groups -OCH3 is 1. The van der Waals surface area contributed by atoms with Gasteiger partial charge in [-0.2, -0.15) is 11.8 Å². The van der Waals surface area contributed by atoms with Crippen LogP contribution in [-0.4, -0.2) is 66.4 Å². The third kappa shape index (κ3) is 4.88. The van der Waals surface area contributed by atoms with Crippen molar-refractivity contribution in [3.8, 4) is 5.75 Å². The number of hydrogen-bond donors (Lipinski definition) is 1. The van der Waals surface area contributed by atoms with Gasteiger partial charge in [0.1, 0.15) is 5.75 Å². The standard InChI is InChI=1S/C17H25N3O3S/c1-23-14-5-3-4-13(10-14)11-19-7-8-20(12-16(19)21)17(22)15(18)6-9-24-2/h3-5,10,15H,6-9,11-12,18H2,1-2H3/t15-/m0/s1. The van der Waals surface area contributed by atoms with Crippen LogP contribution in [0.5, 0.6) is 5.75 Å². The number of hydrogen-bond acceptors (Lipinski definition) is 5. The van der Waals surface area contributed by atoms with Crippen LogP contribution in [-0.2, 0) is 16.1 Å². The second-order valence-corrected chi connectivity index (χ2v) is 6.80. The van der Waals surface area contributed by atoms with E-state index in [0.29, 0.717) is 26.1 Å². The monoisotopic (exact) mass is 351 g/mol. The molecule has 0 radical (unpaired) electrons. The lowest BCUT2D eigenvalue weighted by molar-refractivity contribution is -0.146. The number of piperazine rings is 1. The van der Waals surface area contributed by atoms with Crippen LogP contribution < -0.4 is 10.5 Å². The molecule has 0 bridgehead atoms. The average Bonchev–Trinajstić information content (AvgIpc) is 2.60. The Morgan fingerprint density at radius 3 is 2.88 bits per heavy atom. The number of amides is 2. The summed E-state index contributed by atoms with van der Waals surface area (Å²) in [6.45, 7) is 1.69. The lowest BCUT2D eigenvalue weighted by Gasteiger charge is -2.35. The fourth-order valence-corrected chi connectivity index (χ4v) is 3.15. The van der Waals surface area contributed by atoms with E-state index in [1.165, 1.54) is 0 Å². The van der Waals surface area contributed by atoms with Gasteiger partial charge in [0.25, 0.3) is 0 Å². The van der Waals surface area contributed by atoms with Crippen molar-refractivity contribution in [3.63, 3.8) is 0 Å². The van der Waals surface area contributed by atoms with E-state index in [9.17, 15) is 9.59 Å². The zero-order chi connectivity index (χ0) is 17.5. The number of nitrogens with two attached hydrogens (primary N) is 1. The van der Waals surface area contributed by atoms with E-state index in [2.05, 4.69) is 0 Å². The summed E-state index contributed by atoms with van der Waals surface area (Å²) < 4.78 is 5.21. The van der Waals surface area contributed by atoms with Crippen LogP contribution in [0, 0.1) is 0 Å². The van der Waals surface area contributed by atoms with Crippen LogP contribution in [0.4, 0.5) is 0 Å². The lowest BCUT2D eigenvalue weighted by Crippen LogP contribution is -2.55. The minimum absolute atomic E-state index is 0.0468. The summed E-state index contributed by atoms with van der Waals surface area (Å²) in [5.41, 5.74) is 6.94. The van der Waals surface area contributed by atoms with Gasteiger partial charge in [-0.15, -0.1) is 0 Å². The summed E-state index contributed by atoms with van der Waals surface area (Å²) in [6, 6.07) is 7.14. The van der Waals surface area contributed by atoms with Gasteiger partial charge in [0.05, 0.1) is 19.7 Å². The highest BCUT2D eigenvalue weighted by atomic mass is 32.2. The molecule has 0 spiro atoms. The Hall–Kier alpha value is -1.73. The smallest absolute Gasteiger partial charge is 0.242 e. The first kappa shape index (κ1) is 18.6. The molecular formula is C17H25N3O3S. The first-order chi connectivity index (χ1) is 11.5. The zero-order valence-corrected chi connectivity index (χ0v) is 15.1. The quantitative estimate of drug-likeness (QED) is 0.791. The number of nitrogens with zero attached hydrogens (tertiary/aromatic N) is 2. The Morgan fingerprint density at radius 1 is 1.42 bits per heavy atom. The van der Waals surface area contributed by atoms with Gasteiger partial charge in [-0.05, 0) is 36.1 Å². The van der Waals surface area contributed by atoms with Crippen LogP contribution in [0.15, 0.2) is 24.3 Å². The van der Waals surface area contributed by atoms with Crippen molar-refractivity contribution in [1.82, 2.24) is 9.80 Å². The number of ether oxygens (including phenoxy) is 1. The van der Waals surface area contributed by atoms with E-state index in [1.54, 1.807) is 28.7 Å². The second kappa shape index (κ2) is 8.94. The molecule has 0 unspecified atom stereocenters. The third-order valence-corrected chi connectivity index (χ3v) is 4.73. The molecule has 6 nitrogen and oxygen atoms in total. The molecule has 1 aliphatic heterocycles. The van der Waals surface area contributed by atoms with Crippen molar-refractivity contribution in [2.45, 2.75) is 19.0 Å². The van der Waals surface area contributed by atoms with Crippen molar-refractivity contribution < 1.29 is 14.3 Å². The predicted molar refractivity (Wildman–Crippen MR) is 96.0 cm³/mol. The molecule has 1 atom stereocenters. The third-order valence-electron chi connectivity index (χ3n) is 4.09. The van der Waals surface area contributed by atoms with Crippen LogP contribution in [0.3, 0.4) is 0 Å². The van der Waals surface area contributed by atoms with Gasteiger partial charge in [0, 0.05) is 19.6 Å². The maximum absolute atomic E-state index is 12.4. The van der Waals surface area contributed by atoms with Crippen LogP contribution in [0.2, 0.25) is 0 Å². The molecule has 2 rings (SSSR count). The van der Waals surface area contributed by atoms with E-state index in [1.807, 2.05) is 30.5 Å². The minimum Gasteiger partial charge on any atom is -0.497 e. The van der Waals surface area contributed by atoms with Crippen molar-refractivity contribution >= 4 is 23.6 Å². The van der Waals surface area contributed by atoms with E-state index in [4.69, 9.17) is 10.5 Å². The molecule has 7 heteroatoms.